The number of nitrogens with two attached hydrogens (primary N) is 1. The molecule has 0 aromatic rings. The van der Waals surface area contributed by atoms with Gasteiger partial charge >= 0.3 is 0 Å². The maximum atomic E-state index is 9.99. The number of hydrazine groups is 1. The zero-order valence-electron chi connectivity index (χ0n) is 3.97. The summed E-state index contributed by atoms with van der Waals surface area (Å²) in [4.78, 5) is 9.99. The van der Waals surface area contributed by atoms with Gasteiger partial charge in [0.2, 0.25) is 0 Å². The highest BCUT2D eigenvalue weighted by molar-refractivity contribution is 6.69. The first-order chi connectivity index (χ1) is 3.31. The minimum atomic E-state index is -0.484. The van der Waals surface area contributed by atoms with Crippen LogP contribution in [0.4, 0.5) is 4.79 Å². The van der Waals surface area contributed by atoms with Crippen molar-refractivity contribution in [1.29, 1.82) is 0 Å². The van der Waals surface area contributed by atoms with Crippen LogP contribution < -0.4 is 11.2 Å². The van der Waals surface area contributed by atoms with E-state index in [4.69, 9.17) is 5.84 Å². The van der Waals surface area contributed by atoms with Gasteiger partial charge in [-0.2, -0.15) is 0 Å². The first kappa shape index (κ1) is 6.45. The summed E-state index contributed by atoms with van der Waals surface area (Å²) in [7, 11) is 2.29. The number of carbonyl (C=O) groups excluding carboxylic acids is 1. The molecule has 7 heavy (non-hydrogen) atoms. The molecule has 2 radical (unpaired) electrons. The van der Waals surface area contributed by atoms with Crippen molar-refractivity contribution in [3.63, 3.8) is 0 Å². The summed E-state index contributed by atoms with van der Waals surface area (Å²) in [6.45, 7) is 0. The van der Waals surface area contributed by atoms with Crippen LogP contribution in [0, 0.1) is 0 Å². The molecule has 0 bridgehead atoms. The van der Waals surface area contributed by atoms with Gasteiger partial charge in [-0.3, -0.25) is 0 Å². The van der Waals surface area contributed by atoms with Gasteiger partial charge in [0.25, 0.3) is 0 Å². The number of hydrogen-bond donors (Lipinski definition) is 2. The SMILES string of the molecule is COC(=O)[B-]NN. The van der Waals surface area contributed by atoms with Crippen molar-refractivity contribution < 1.29 is 9.53 Å². The van der Waals surface area contributed by atoms with Gasteiger partial charge in [0.15, 0.2) is 0 Å². The monoisotopic (exact) mass is 101 g/mol. The average Bonchev–Trinajstić information content (AvgIpc) is 1.68. The Hall–Kier alpha value is -0.545. The van der Waals surface area contributed by atoms with Crippen LogP contribution in [0.1, 0.15) is 0 Å². The van der Waals surface area contributed by atoms with Crippen molar-refractivity contribution in [1.82, 2.24) is 5.34 Å². The van der Waals surface area contributed by atoms with Gasteiger partial charge in [0.1, 0.15) is 0 Å². The first-order valence-corrected chi connectivity index (χ1v) is 1.68. The van der Waals surface area contributed by atoms with E-state index < -0.39 is 5.87 Å². The number of ether oxygens (including phenoxy) is 1. The molecule has 0 saturated heterocycles. The summed E-state index contributed by atoms with van der Waals surface area (Å²) in [5.41, 5.74) is 0. The van der Waals surface area contributed by atoms with E-state index in [-0.39, 0.29) is 0 Å². The third kappa shape index (κ3) is 3.28. The molecule has 4 nitrogen and oxygen atoms in total. The molecule has 0 aliphatic heterocycles. The Bertz CT molecular complexity index is 66.7. The third-order valence-electron chi connectivity index (χ3n) is 0.402. The molecule has 0 aliphatic rings. The van der Waals surface area contributed by atoms with Gasteiger partial charge in [-0.15, -0.1) is 0 Å². The first-order valence-electron chi connectivity index (χ1n) is 1.68. The van der Waals surface area contributed by atoms with E-state index in [9.17, 15) is 4.79 Å². The minimum Gasteiger partial charge on any atom is -0.509 e. The van der Waals surface area contributed by atoms with Crippen LogP contribution in [-0.2, 0) is 4.74 Å². The maximum absolute atomic E-state index is 9.99. The Morgan fingerprint density at radius 3 is 2.71 bits per heavy atom. The van der Waals surface area contributed by atoms with Gasteiger partial charge in [-0.1, -0.05) is 7.41 Å². The second-order valence-electron chi connectivity index (χ2n) is 0.834. The summed E-state index contributed by atoms with van der Waals surface area (Å²) in [5.74, 6) is 4.21. The fourth-order valence-electron chi connectivity index (χ4n) is 0.127. The number of nitrogens with one attached hydrogen (secondary N) is 1. The minimum absolute atomic E-state index is 0.484. The Balaban J connectivity index is 3.00. The quantitative estimate of drug-likeness (QED) is 0.261. The lowest BCUT2D eigenvalue weighted by atomic mass is 9.98. The molecule has 0 atom stereocenters. The number of rotatable bonds is 2. The zero-order chi connectivity index (χ0) is 5.70. The molecule has 0 amide bonds. The fraction of sp³-hybridized carbons (Fsp3) is 0.500. The van der Waals surface area contributed by atoms with Crippen molar-refractivity contribution in [3.05, 3.63) is 0 Å². The van der Waals surface area contributed by atoms with Crippen LogP contribution in [0.3, 0.4) is 0 Å². The molecule has 0 aromatic carbocycles. The normalized spacial score (nSPS) is 8.29. The average molecular weight is 101 g/mol. The molecule has 0 spiro atoms. The van der Waals surface area contributed by atoms with Crippen molar-refractivity contribution in [3.8, 4) is 0 Å². The van der Waals surface area contributed by atoms with E-state index in [1.807, 2.05) is 5.34 Å². The van der Waals surface area contributed by atoms with Gasteiger partial charge < -0.3 is 20.7 Å². The van der Waals surface area contributed by atoms with E-state index in [1.165, 1.54) is 7.11 Å². The zero-order valence-corrected chi connectivity index (χ0v) is 3.97. The van der Waals surface area contributed by atoms with Crippen LogP contribution >= 0.6 is 0 Å². The molecule has 0 rings (SSSR count). The molecule has 0 saturated carbocycles. The lowest BCUT2D eigenvalue weighted by Crippen LogP contribution is -2.32. The number of hydrogen-bond acceptors (Lipinski definition) is 4. The smallest absolute Gasteiger partial charge is 0.0760 e. The summed E-state index contributed by atoms with van der Waals surface area (Å²) < 4.78 is 4.15. The highest BCUT2D eigenvalue weighted by atomic mass is 16.5. The maximum Gasteiger partial charge on any atom is 0.0760 e. The summed E-state index contributed by atoms with van der Waals surface area (Å²) in [6.07, 6.45) is 0. The molecule has 0 aromatic heterocycles. The van der Waals surface area contributed by atoms with Crippen molar-refractivity contribution >= 4 is 13.3 Å². The lowest BCUT2D eigenvalue weighted by Gasteiger charge is -2.08. The predicted octanol–water partition coefficient (Wildman–Crippen LogP) is -1.16. The molecular formula is C2H6BN2O2-. The van der Waals surface area contributed by atoms with Crippen LogP contribution in [0.15, 0.2) is 0 Å². The van der Waals surface area contributed by atoms with Crippen LogP contribution in [-0.4, -0.2) is 20.4 Å². The molecule has 3 N–H and O–H groups in total. The van der Waals surface area contributed by atoms with Crippen molar-refractivity contribution in [2.75, 3.05) is 7.11 Å². The molecule has 5 heteroatoms. The van der Waals surface area contributed by atoms with E-state index in [0.29, 0.717) is 0 Å². The number of carbonyl (C=O) groups is 1. The molecule has 0 fully saturated rings. The Labute approximate surface area is 42.2 Å². The molecule has 0 aliphatic carbocycles. The van der Waals surface area contributed by atoms with Gasteiger partial charge in [-0.05, 0) is 0 Å². The molecule has 0 unspecified atom stereocenters. The molecule has 40 valence electrons. The topological polar surface area (TPSA) is 64.3 Å². The Morgan fingerprint density at radius 1 is 2.00 bits per heavy atom. The Kier molecular flexibility index (Phi) is 3.35. The predicted molar refractivity (Wildman–Crippen MR) is 25.5 cm³/mol. The van der Waals surface area contributed by atoms with E-state index in [1.54, 1.807) is 0 Å². The standard InChI is InChI=1S/C2H6BN2O2/c1-7-2(6)3-5-4/h5H,4H2,1H3/q-1. The molecular weight excluding hydrogens is 94.8 g/mol. The van der Waals surface area contributed by atoms with E-state index in [2.05, 4.69) is 4.74 Å². The Morgan fingerprint density at radius 2 is 2.57 bits per heavy atom. The van der Waals surface area contributed by atoms with Crippen LogP contribution in [0.25, 0.3) is 0 Å². The van der Waals surface area contributed by atoms with Crippen LogP contribution in [0.2, 0.25) is 0 Å². The van der Waals surface area contributed by atoms with Gasteiger partial charge in [0, 0.05) is 0 Å². The van der Waals surface area contributed by atoms with Gasteiger partial charge in [0.05, 0.1) is 13.0 Å². The summed E-state index contributed by atoms with van der Waals surface area (Å²) in [6, 6.07) is 0. The second kappa shape index (κ2) is 3.64. The lowest BCUT2D eigenvalue weighted by molar-refractivity contribution is 0.197. The van der Waals surface area contributed by atoms with Gasteiger partial charge in [-0.25, -0.2) is 0 Å². The largest absolute Gasteiger partial charge is 0.509 e. The second-order valence-corrected chi connectivity index (χ2v) is 0.834. The summed E-state index contributed by atoms with van der Waals surface area (Å²) >= 11 is 0. The van der Waals surface area contributed by atoms with Crippen molar-refractivity contribution in [2.45, 2.75) is 0 Å². The van der Waals surface area contributed by atoms with Crippen LogP contribution in [0.5, 0.6) is 0 Å². The third-order valence-corrected chi connectivity index (χ3v) is 0.402. The highest BCUT2D eigenvalue weighted by Crippen LogP contribution is 1.65. The van der Waals surface area contributed by atoms with E-state index >= 15 is 0 Å². The summed E-state index contributed by atoms with van der Waals surface area (Å²) in [5, 5.41) is 2.02. The number of methoxy groups -OCH3 is 1. The van der Waals surface area contributed by atoms with Crippen molar-refractivity contribution in [2.24, 2.45) is 5.84 Å². The fourth-order valence-corrected chi connectivity index (χ4v) is 0.127. The highest BCUT2D eigenvalue weighted by Gasteiger charge is 1.74. The molecule has 0 heterocycles. The van der Waals surface area contributed by atoms with E-state index in [0.717, 1.165) is 7.41 Å².